The first-order valence-corrected chi connectivity index (χ1v) is 6.51. The lowest BCUT2D eigenvalue weighted by Gasteiger charge is -2.15. The van der Waals surface area contributed by atoms with E-state index < -0.39 is 11.9 Å². The third kappa shape index (κ3) is 3.30. The molecule has 0 aliphatic rings. The SMILES string of the molecule is COc1cccc(F)c1C(O)Cc1cncc(Br)c1. The van der Waals surface area contributed by atoms with E-state index in [4.69, 9.17) is 4.74 Å². The van der Waals surface area contributed by atoms with E-state index in [1.165, 1.54) is 13.2 Å². The molecule has 1 atom stereocenters. The van der Waals surface area contributed by atoms with Crippen LogP contribution in [-0.2, 0) is 6.42 Å². The third-order valence-electron chi connectivity index (χ3n) is 2.76. The van der Waals surface area contributed by atoms with Crippen LogP contribution < -0.4 is 4.74 Å². The summed E-state index contributed by atoms with van der Waals surface area (Å²) in [7, 11) is 1.45. The number of rotatable bonds is 4. The second kappa shape index (κ2) is 6.12. The van der Waals surface area contributed by atoms with Gasteiger partial charge >= 0.3 is 0 Å². The van der Waals surface area contributed by atoms with Crippen molar-refractivity contribution in [2.45, 2.75) is 12.5 Å². The molecule has 2 rings (SSSR count). The predicted molar refractivity (Wildman–Crippen MR) is 73.6 cm³/mol. The molecular weight excluding hydrogens is 313 g/mol. The number of halogens is 2. The lowest BCUT2D eigenvalue weighted by Crippen LogP contribution is -2.07. The zero-order valence-corrected chi connectivity index (χ0v) is 11.9. The van der Waals surface area contributed by atoms with Gasteiger partial charge in [0.1, 0.15) is 11.6 Å². The highest BCUT2D eigenvalue weighted by Gasteiger charge is 2.18. The minimum absolute atomic E-state index is 0.171. The van der Waals surface area contributed by atoms with Crippen molar-refractivity contribution in [1.29, 1.82) is 0 Å². The largest absolute Gasteiger partial charge is 0.496 e. The molecule has 0 aliphatic heterocycles. The van der Waals surface area contributed by atoms with Crippen molar-refractivity contribution in [1.82, 2.24) is 4.98 Å². The molecule has 0 spiro atoms. The van der Waals surface area contributed by atoms with Crippen molar-refractivity contribution in [2.24, 2.45) is 0 Å². The van der Waals surface area contributed by atoms with Gasteiger partial charge in [0, 0.05) is 23.3 Å². The summed E-state index contributed by atoms with van der Waals surface area (Å²) >= 11 is 3.31. The first kappa shape index (κ1) is 14.0. The Bertz CT molecular complexity index is 577. The molecule has 0 saturated carbocycles. The molecule has 0 radical (unpaired) electrons. The smallest absolute Gasteiger partial charge is 0.132 e. The number of hydrogen-bond donors (Lipinski definition) is 1. The van der Waals surface area contributed by atoms with Crippen LogP contribution in [0, 0.1) is 5.82 Å². The van der Waals surface area contributed by atoms with Gasteiger partial charge in [-0.25, -0.2) is 4.39 Å². The normalized spacial score (nSPS) is 12.2. The molecule has 5 heteroatoms. The lowest BCUT2D eigenvalue weighted by atomic mass is 10.0. The zero-order valence-electron chi connectivity index (χ0n) is 10.3. The van der Waals surface area contributed by atoms with Crippen LogP contribution in [0.4, 0.5) is 4.39 Å². The predicted octanol–water partition coefficient (Wildman–Crippen LogP) is 3.27. The van der Waals surface area contributed by atoms with Crippen LogP contribution in [0.15, 0.2) is 41.1 Å². The van der Waals surface area contributed by atoms with Gasteiger partial charge in [-0.3, -0.25) is 4.98 Å². The van der Waals surface area contributed by atoms with E-state index in [9.17, 15) is 9.50 Å². The van der Waals surface area contributed by atoms with Gasteiger partial charge in [0.25, 0.3) is 0 Å². The highest BCUT2D eigenvalue weighted by Crippen LogP contribution is 2.30. The van der Waals surface area contributed by atoms with Crippen molar-refractivity contribution in [3.63, 3.8) is 0 Å². The van der Waals surface area contributed by atoms with Gasteiger partial charge < -0.3 is 9.84 Å². The topological polar surface area (TPSA) is 42.4 Å². The Morgan fingerprint density at radius 1 is 1.42 bits per heavy atom. The fourth-order valence-corrected chi connectivity index (χ4v) is 2.32. The average Bonchev–Trinajstić information content (AvgIpc) is 2.38. The first-order chi connectivity index (χ1) is 9.11. The minimum Gasteiger partial charge on any atom is -0.496 e. The summed E-state index contributed by atoms with van der Waals surface area (Å²) in [5.41, 5.74) is 0.983. The summed E-state index contributed by atoms with van der Waals surface area (Å²) in [6, 6.07) is 6.32. The van der Waals surface area contributed by atoms with E-state index in [1.54, 1.807) is 24.5 Å². The average molecular weight is 326 g/mol. The Morgan fingerprint density at radius 2 is 2.21 bits per heavy atom. The number of pyridine rings is 1. The molecule has 1 unspecified atom stereocenters. The summed E-state index contributed by atoms with van der Waals surface area (Å²) in [4.78, 5) is 4.01. The van der Waals surface area contributed by atoms with Crippen LogP contribution in [0.1, 0.15) is 17.2 Å². The molecule has 3 nitrogen and oxygen atoms in total. The maximum Gasteiger partial charge on any atom is 0.132 e. The maximum absolute atomic E-state index is 13.8. The summed E-state index contributed by atoms with van der Waals surface area (Å²) in [6.45, 7) is 0. The second-order valence-corrected chi connectivity index (χ2v) is 5.00. The fraction of sp³-hybridized carbons (Fsp3) is 0.214. The Morgan fingerprint density at radius 3 is 2.89 bits per heavy atom. The van der Waals surface area contributed by atoms with E-state index in [2.05, 4.69) is 20.9 Å². The maximum atomic E-state index is 13.8. The first-order valence-electron chi connectivity index (χ1n) is 5.71. The number of ether oxygens (including phenoxy) is 1. The highest BCUT2D eigenvalue weighted by molar-refractivity contribution is 9.10. The fourth-order valence-electron chi connectivity index (χ4n) is 1.91. The highest BCUT2D eigenvalue weighted by atomic mass is 79.9. The Balaban J connectivity index is 2.27. The Hall–Kier alpha value is -1.46. The summed E-state index contributed by atoms with van der Waals surface area (Å²) < 4.78 is 19.7. The van der Waals surface area contributed by atoms with E-state index in [0.29, 0.717) is 5.75 Å². The minimum atomic E-state index is -0.979. The monoisotopic (exact) mass is 325 g/mol. The van der Waals surface area contributed by atoms with E-state index >= 15 is 0 Å². The van der Waals surface area contributed by atoms with Crippen LogP contribution in [0.2, 0.25) is 0 Å². The molecule has 100 valence electrons. The summed E-state index contributed by atoms with van der Waals surface area (Å²) in [5.74, 6) is -0.134. The Labute approximate surface area is 119 Å². The molecule has 1 aromatic carbocycles. The van der Waals surface area contributed by atoms with E-state index in [0.717, 1.165) is 10.0 Å². The lowest BCUT2D eigenvalue weighted by molar-refractivity contribution is 0.168. The van der Waals surface area contributed by atoms with Gasteiger partial charge in [-0.15, -0.1) is 0 Å². The molecule has 0 saturated heterocycles. The molecular formula is C14H13BrFNO2. The van der Waals surface area contributed by atoms with Crippen molar-refractivity contribution in [2.75, 3.05) is 7.11 Å². The quantitative estimate of drug-likeness (QED) is 0.938. The molecule has 1 aromatic heterocycles. The number of nitrogens with zero attached hydrogens (tertiary/aromatic N) is 1. The van der Waals surface area contributed by atoms with Gasteiger partial charge in [-0.1, -0.05) is 6.07 Å². The number of benzene rings is 1. The van der Waals surface area contributed by atoms with Crippen LogP contribution in [0.5, 0.6) is 5.75 Å². The van der Waals surface area contributed by atoms with Crippen molar-refractivity contribution >= 4 is 15.9 Å². The van der Waals surface area contributed by atoms with Crippen LogP contribution >= 0.6 is 15.9 Å². The van der Waals surface area contributed by atoms with Gasteiger partial charge in [-0.05, 0) is 39.7 Å². The number of aliphatic hydroxyl groups is 1. The van der Waals surface area contributed by atoms with Gasteiger partial charge in [0.2, 0.25) is 0 Å². The van der Waals surface area contributed by atoms with E-state index in [1.807, 2.05) is 6.07 Å². The molecule has 2 aromatic rings. The molecule has 1 N–H and O–H groups in total. The standard InChI is InChI=1S/C14H13BrFNO2/c1-19-13-4-2-3-11(16)14(13)12(18)6-9-5-10(15)8-17-7-9/h2-5,7-8,12,18H,6H2,1H3. The Kier molecular flexibility index (Phi) is 4.50. The van der Waals surface area contributed by atoms with E-state index in [-0.39, 0.29) is 12.0 Å². The number of methoxy groups -OCH3 is 1. The molecule has 0 bridgehead atoms. The molecule has 19 heavy (non-hydrogen) atoms. The molecule has 0 fully saturated rings. The van der Waals surface area contributed by atoms with Crippen molar-refractivity contribution in [3.05, 3.63) is 58.1 Å². The third-order valence-corrected chi connectivity index (χ3v) is 3.19. The summed E-state index contributed by atoms with van der Waals surface area (Å²) in [6.07, 6.45) is 2.58. The molecule has 1 heterocycles. The number of aliphatic hydroxyl groups excluding tert-OH is 1. The zero-order chi connectivity index (χ0) is 13.8. The second-order valence-electron chi connectivity index (χ2n) is 4.09. The molecule has 0 amide bonds. The van der Waals surface area contributed by atoms with Crippen LogP contribution in [0.3, 0.4) is 0 Å². The number of aromatic nitrogens is 1. The van der Waals surface area contributed by atoms with Gasteiger partial charge in [0.05, 0.1) is 18.8 Å². The van der Waals surface area contributed by atoms with Crippen LogP contribution in [-0.4, -0.2) is 17.2 Å². The van der Waals surface area contributed by atoms with Gasteiger partial charge in [-0.2, -0.15) is 0 Å². The van der Waals surface area contributed by atoms with Crippen molar-refractivity contribution < 1.29 is 14.2 Å². The summed E-state index contributed by atoms with van der Waals surface area (Å²) in [5, 5.41) is 10.2. The molecule has 0 aliphatic carbocycles. The van der Waals surface area contributed by atoms with Crippen LogP contribution in [0.25, 0.3) is 0 Å². The van der Waals surface area contributed by atoms with Crippen molar-refractivity contribution in [3.8, 4) is 5.75 Å². The number of hydrogen-bond acceptors (Lipinski definition) is 3. The van der Waals surface area contributed by atoms with Gasteiger partial charge in [0.15, 0.2) is 0 Å².